The van der Waals surface area contributed by atoms with Gasteiger partial charge in [0.25, 0.3) is 11.5 Å². The van der Waals surface area contributed by atoms with E-state index in [0.29, 0.717) is 29.6 Å². The number of rotatable bonds is 3. The second-order valence-electron chi connectivity index (χ2n) is 7.81. The van der Waals surface area contributed by atoms with E-state index in [1.165, 1.54) is 6.07 Å². The number of carbonyl (C=O) groups excluding carboxylic acids is 1. The summed E-state index contributed by atoms with van der Waals surface area (Å²) in [6.45, 7) is 5.99. The summed E-state index contributed by atoms with van der Waals surface area (Å²) in [5.41, 5.74) is -0.0319. The van der Waals surface area contributed by atoms with Crippen molar-refractivity contribution in [3.8, 4) is 5.69 Å². The zero-order chi connectivity index (χ0) is 26.6. The minimum atomic E-state index is -5.08. The van der Waals surface area contributed by atoms with Crippen molar-refractivity contribution >= 4 is 34.4 Å². The van der Waals surface area contributed by atoms with Crippen molar-refractivity contribution < 1.29 is 27.9 Å². The molecule has 2 heterocycles. The van der Waals surface area contributed by atoms with Crippen molar-refractivity contribution in [1.29, 1.82) is 0 Å². The van der Waals surface area contributed by atoms with Crippen molar-refractivity contribution in [1.82, 2.24) is 19.4 Å². The zero-order valence-corrected chi connectivity index (χ0v) is 19.8. The van der Waals surface area contributed by atoms with Gasteiger partial charge in [0, 0.05) is 31.7 Å². The molecule has 1 aliphatic heterocycles. The van der Waals surface area contributed by atoms with Crippen LogP contribution in [0.15, 0.2) is 52.1 Å². The molecule has 0 radical (unpaired) electrons. The molecular weight excluding hydrogens is 505 g/mol. The molecule has 0 saturated carbocycles. The van der Waals surface area contributed by atoms with Gasteiger partial charge < -0.3 is 19.9 Å². The zero-order valence-electron chi connectivity index (χ0n) is 19.0. The predicted octanol–water partition coefficient (Wildman–Crippen LogP) is 2.74. The number of aliphatic carboxylic acids is 1. The summed E-state index contributed by atoms with van der Waals surface area (Å²) in [4.78, 5) is 54.2. The summed E-state index contributed by atoms with van der Waals surface area (Å²) in [5.74, 6) is -2.89. The van der Waals surface area contributed by atoms with Crippen molar-refractivity contribution in [2.75, 3.05) is 32.7 Å². The van der Waals surface area contributed by atoms with Crippen LogP contribution in [-0.4, -0.2) is 75.2 Å². The van der Waals surface area contributed by atoms with Gasteiger partial charge in [0.15, 0.2) is 0 Å². The molecule has 36 heavy (non-hydrogen) atoms. The molecule has 9 nitrogen and oxygen atoms in total. The number of carboxylic acids is 1. The third-order valence-corrected chi connectivity index (χ3v) is 5.91. The number of benzene rings is 2. The first kappa shape index (κ1) is 27.0. The van der Waals surface area contributed by atoms with Gasteiger partial charge in [-0.1, -0.05) is 30.7 Å². The number of para-hydroxylation sites is 1. The van der Waals surface area contributed by atoms with Gasteiger partial charge in [0.1, 0.15) is 0 Å². The standard InChI is InChI=1S/C21H21ClN4O3.C2HF3O2/c1-2-24-9-11-25(12-10-24)19(27)14-7-8-16(22)18(13-14)26-20(28)15-5-3-4-6-17(15)23-21(26)29;3-2(4,5)1(6)7/h3-8,13H,2,9-12H2,1H3,(H,23,29);(H,6,7). The number of nitrogens with one attached hydrogen (secondary N) is 1. The number of H-pyrrole nitrogens is 1. The Morgan fingerprint density at radius 3 is 2.25 bits per heavy atom. The molecule has 0 aliphatic carbocycles. The Kier molecular flexibility index (Phi) is 8.21. The maximum absolute atomic E-state index is 13.0. The summed E-state index contributed by atoms with van der Waals surface area (Å²) < 4.78 is 32.7. The molecule has 2 aromatic carbocycles. The summed E-state index contributed by atoms with van der Waals surface area (Å²) in [5, 5.41) is 7.72. The van der Waals surface area contributed by atoms with Gasteiger partial charge in [0.2, 0.25) is 0 Å². The fourth-order valence-electron chi connectivity index (χ4n) is 3.65. The van der Waals surface area contributed by atoms with Gasteiger partial charge >= 0.3 is 17.8 Å². The first-order valence-electron chi connectivity index (χ1n) is 10.8. The van der Waals surface area contributed by atoms with E-state index in [1.807, 2.05) is 0 Å². The van der Waals surface area contributed by atoms with E-state index in [4.69, 9.17) is 21.5 Å². The molecule has 1 saturated heterocycles. The molecule has 0 unspecified atom stereocenters. The Hall–Kier alpha value is -3.64. The number of nitrogens with zero attached hydrogens (tertiary/aromatic N) is 3. The number of hydrogen-bond acceptors (Lipinski definition) is 5. The molecule has 1 amide bonds. The second-order valence-corrected chi connectivity index (χ2v) is 8.22. The number of fused-ring (bicyclic) bond motifs is 1. The van der Waals surface area contributed by atoms with Crippen molar-refractivity contribution in [3.63, 3.8) is 0 Å². The molecule has 3 aromatic rings. The first-order valence-corrected chi connectivity index (χ1v) is 11.2. The van der Waals surface area contributed by atoms with Gasteiger partial charge in [-0.25, -0.2) is 14.2 Å². The average molecular weight is 527 g/mol. The number of carbonyl (C=O) groups is 2. The van der Waals surface area contributed by atoms with Crippen molar-refractivity contribution in [2.45, 2.75) is 13.1 Å². The largest absolute Gasteiger partial charge is 0.490 e. The second kappa shape index (κ2) is 11.0. The third-order valence-electron chi connectivity index (χ3n) is 5.59. The van der Waals surface area contributed by atoms with Crippen LogP contribution in [0.5, 0.6) is 0 Å². The smallest absolute Gasteiger partial charge is 0.475 e. The predicted molar refractivity (Wildman–Crippen MR) is 127 cm³/mol. The summed E-state index contributed by atoms with van der Waals surface area (Å²) >= 11 is 6.31. The lowest BCUT2D eigenvalue weighted by Gasteiger charge is -2.34. The minimum absolute atomic E-state index is 0.135. The van der Waals surface area contributed by atoms with Crippen molar-refractivity contribution in [3.05, 3.63) is 73.9 Å². The highest BCUT2D eigenvalue weighted by molar-refractivity contribution is 6.32. The lowest BCUT2D eigenvalue weighted by atomic mass is 10.1. The molecule has 13 heteroatoms. The quantitative estimate of drug-likeness (QED) is 0.542. The van der Waals surface area contributed by atoms with Gasteiger partial charge in [-0.05, 0) is 36.9 Å². The molecular formula is C23H22ClF3N4O5. The lowest BCUT2D eigenvalue weighted by Crippen LogP contribution is -2.48. The fraction of sp³-hybridized carbons (Fsp3) is 0.304. The SMILES string of the molecule is CCN1CCN(C(=O)c2ccc(Cl)c(-n3c(=O)[nH]c4ccccc4c3=O)c2)CC1.O=C(O)C(F)(F)F. The molecule has 0 atom stereocenters. The highest BCUT2D eigenvalue weighted by atomic mass is 35.5. The number of likely N-dealkylation sites (N-methyl/N-ethyl adjacent to an activating group) is 1. The number of hydrogen-bond donors (Lipinski definition) is 2. The van der Waals surface area contributed by atoms with Crippen molar-refractivity contribution in [2.24, 2.45) is 0 Å². The Morgan fingerprint density at radius 1 is 1.06 bits per heavy atom. The Labute approximate surface area is 207 Å². The summed E-state index contributed by atoms with van der Waals surface area (Å²) in [6.07, 6.45) is -5.08. The van der Waals surface area contributed by atoms with Crippen LogP contribution in [-0.2, 0) is 4.79 Å². The molecule has 4 rings (SSSR count). The van der Waals surface area contributed by atoms with Crippen LogP contribution in [0.4, 0.5) is 13.2 Å². The van der Waals surface area contributed by atoms with E-state index < -0.39 is 23.4 Å². The lowest BCUT2D eigenvalue weighted by molar-refractivity contribution is -0.192. The highest BCUT2D eigenvalue weighted by Crippen LogP contribution is 2.22. The molecule has 0 spiro atoms. The van der Waals surface area contributed by atoms with Gasteiger partial charge in [-0.3, -0.25) is 9.59 Å². The van der Waals surface area contributed by atoms with Crippen LogP contribution >= 0.6 is 11.6 Å². The van der Waals surface area contributed by atoms with Crippen LogP contribution in [0, 0.1) is 0 Å². The molecule has 1 aliphatic rings. The molecule has 0 bridgehead atoms. The summed E-state index contributed by atoms with van der Waals surface area (Å²) in [7, 11) is 0. The van der Waals surface area contributed by atoms with E-state index in [0.717, 1.165) is 24.2 Å². The number of halogens is 4. The van der Waals surface area contributed by atoms with Gasteiger partial charge in [0.05, 0.1) is 21.6 Å². The van der Waals surface area contributed by atoms with Gasteiger partial charge in [-0.2, -0.15) is 13.2 Å². The number of aromatic amines is 1. The monoisotopic (exact) mass is 526 g/mol. The first-order chi connectivity index (χ1) is 16.9. The number of piperazine rings is 1. The maximum atomic E-state index is 13.0. The third kappa shape index (κ3) is 5.94. The summed E-state index contributed by atoms with van der Waals surface area (Å²) in [6, 6.07) is 11.5. The molecule has 2 N–H and O–H groups in total. The Bertz CT molecular complexity index is 1390. The minimum Gasteiger partial charge on any atom is -0.475 e. The van der Waals surface area contributed by atoms with Crippen LogP contribution in [0.2, 0.25) is 5.02 Å². The molecule has 1 aromatic heterocycles. The van der Waals surface area contributed by atoms with E-state index in [1.54, 1.807) is 41.3 Å². The van der Waals surface area contributed by atoms with Crippen LogP contribution in [0.1, 0.15) is 17.3 Å². The number of amides is 1. The van der Waals surface area contributed by atoms with E-state index >= 15 is 0 Å². The highest BCUT2D eigenvalue weighted by Gasteiger charge is 2.38. The topological polar surface area (TPSA) is 116 Å². The Balaban J connectivity index is 0.000000454. The van der Waals surface area contributed by atoms with Crippen LogP contribution < -0.4 is 11.2 Å². The van der Waals surface area contributed by atoms with E-state index in [9.17, 15) is 27.6 Å². The van der Waals surface area contributed by atoms with E-state index in [2.05, 4.69) is 16.8 Å². The van der Waals surface area contributed by atoms with Crippen LogP contribution in [0.3, 0.4) is 0 Å². The average Bonchev–Trinajstić information content (AvgIpc) is 2.84. The fourth-order valence-corrected chi connectivity index (χ4v) is 3.85. The number of aromatic nitrogens is 2. The number of alkyl halides is 3. The van der Waals surface area contributed by atoms with Crippen LogP contribution in [0.25, 0.3) is 16.6 Å². The molecule has 192 valence electrons. The molecule has 1 fully saturated rings. The number of carboxylic acid groups (broad SMARTS) is 1. The normalized spacial score (nSPS) is 14.3. The Morgan fingerprint density at radius 2 is 1.67 bits per heavy atom. The maximum Gasteiger partial charge on any atom is 0.490 e. The van der Waals surface area contributed by atoms with Gasteiger partial charge in [-0.15, -0.1) is 0 Å². The van der Waals surface area contributed by atoms with E-state index in [-0.39, 0.29) is 16.6 Å².